The summed E-state index contributed by atoms with van der Waals surface area (Å²) in [4.78, 5) is 1.57. The second kappa shape index (κ2) is 4.79. The van der Waals surface area contributed by atoms with Crippen molar-refractivity contribution in [3.8, 4) is 0 Å². The van der Waals surface area contributed by atoms with Crippen molar-refractivity contribution in [3.63, 3.8) is 0 Å². The smallest absolute Gasteiger partial charge is 0.176 e. The predicted octanol–water partition coefficient (Wildman–Crippen LogP) is 1.41. The highest BCUT2D eigenvalue weighted by Crippen LogP contribution is 2.70. The SMILES string of the molecule is CCCNC(Cc1nnn(C)n1)C1C2C3CCC(C3)C21. The molecule has 3 fully saturated rings. The molecule has 20 heavy (non-hydrogen) atoms. The summed E-state index contributed by atoms with van der Waals surface area (Å²) in [7, 11) is 1.84. The first kappa shape index (κ1) is 12.7. The van der Waals surface area contributed by atoms with Crippen molar-refractivity contribution >= 4 is 0 Å². The lowest BCUT2D eigenvalue weighted by atomic mass is 9.95. The van der Waals surface area contributed by atoms with Crippen molar-refractivity contribution in [2.45, 2.75) is 45.1 Å². The zero-order chi connectivity index (χ0) is 13.7. The number of aryl methyl sites for hydroxylation is 1. The number of fused-ring (bicyclic) bond motifs is 5. The summed E-state index contributed by atoms with van der Waals surface area (Å²) in [5.41, 5.74) is 0. The van der Waals surface area contributed by atoms with Crippen LogP contribution in [-0.2, 0) is 13.5 Å². The van der Waals surface area contributed by atoms with Crippen LogP contribution < -0.4 is 5.32 Å². The summed E-state index contributed by atoms with van der Waals surface area (Å²) in [6.45, 7) is 3.35. The minimum Gasteiger partial charge on any atom is -0.313 e. The van der Waals surface area contributed by atoms with E-state index in [1.807, 2.05) is 7.05 Å². The summed E-state index contributed by atoms with van der Waals surface area (Å²) in [5.74, 6) is 5.89. The van der Waals surface area contributed by atoms with Gasteiger partial charge in [0.25, 0.3) is 0 Å². The monoisotopic (exact) mass is 275 g/mol. The number of aromatic nitrogens is 4. The fourth-order valence-electron chi connectivity index (χ4n) is 5.21. The van der Waals surface area contributed by atoms with Crippen molar-refractivity contribution in [1.82, 2.24) is 25.5 Å². The van der Waals surface area contributed by atoms with E-state index in [9.17, 15) is 0 Å². The van der Waals surface area contributed by atoms with Gasteiger partial charge in [-0.3, -0.25) is 0 Å². The Labute approximate surface area is 120 Å². The molecule has 110 valence electrons. The molecule has 5 unspecified atom stereocenters. The summed E-state index contributed by atoms with van der Waals surface area (Å²) >= 11 is 0. The van der Waals surface area contributed by atoms with Gasteiger partial charge < -0.3 is 5.32 Å². The van der Waals surface area contributed by atoms with Crippen LogP contribution in [0.2, 0.25) is 0 Å². The molecule has 3 aliphatic rings. The molecule has 1 aromatic rings. The third kappa shape index (κ3) is 1.98. The topological polar surface area (TPSA) is 55.6 Å². The summed E-state index contributed by atoms with van der Waals surface area (Å²) < 4.78 is 0. The average Bonchev–Trinajstić information content (AvgIpc) is 2.80. The second-order valence-corrected chi connectivity index (χ2v) is 7.03. The standard InChI is InChI=1S/C15H25N5/c1-3-6-16-11(8-12-17-19-20(2)18-12)15-13-9-4-5-10(7-9)14(13)15/h9-11,13-16H,3-8H2,1-2H3. The maximum atomic E-state index is 4.37. The number of hydrogen-bond acceptors (Lipinski definition) is 4. The largest absolute Gasteiger partial charge is 0.313 e. The Morgan fingerprint density at radius 3 is 2.65 bits per heavy atom. The van der Waals surface area contributed by atoms with E-state index < -0.39 is 0 Å². The lowest BCUT2D eigenvalue weighted by Gasteiger charge is -2.20. The van der Waals surface area contributed by atoms with Crippen LogP contribution in [0.4, 0.5) is 0 Å². The van der Waals surface area contributed by atoms with Crippen molar-refractivity contribution in [3.05, 3.63) is 5.82 Å². The molecule has 3 aliphatic carbocycles. The lowest BCUT2D eigenvalue weighted by molar-refractivity contribution is 0.357. The van der Waals surface area contributed by atoms with Gasteiger partial charge in [-0.15, -0.1) is 10.2 Å². The van der Waals surface area contributed by atoms with Crippen molar-refractivity contribution in [2.24, 2.45) is 36.6 Å². The fourth-order valence-corrected chi connectivity index (χ4v) is 5.21. The van der Waals surface area contributed by atoms with Gasteiger partial charge in [-0.05, 0) is 67.0 Å². The van der Waals surface area contributed by atoms with Crippen LogP contribution in [0.3, 0.4) is 0 Å². The van der Waals surface area contributed by atoms with Gasteiger partial charge in [0, 0.05) is 12.5 Å². The van der Waals surface area contributed by atoms with Gasteiger partial charge in [-0.1, -0.05) is 6.92 Å². The third-order valence-electron chi connectivity index (χ3n) is 5.87. The molecule has 0 radical (unpaired) electrons. The highest BCUT2D eigenvalue weighted by Gasteiger charge is 2.66. The zero-order valence-electron chi connectivity index (χ0n) is 12.5. The molecule has 2 bridgehead atoms. The van der Waals surface area contributed by atoms with E-state index in [2.05, 4.69) is 27.7 Å². The quantitative estimate of drug-likeness (QED) is 0.853. The van der Waals surface area contributed by atoms with Gasteiger partial charge in [-0.25, -0.2) is 0 Å². The van der Waals surface area contributed by atoms with Gasteiger partial charge in [0.15, 0.2) is 5.82 Å². The highest BCUT2D eigenvalue weighted by molar-refractivity contribution is 5.16. The Hall–Kier alpha value is -0.970. The summed E-state index contributed by atoms with van der Waals surface area (Å²) in [6.07, 6.45) is 6.65. The highest BCUT2D eigenvalue weighted by atomic mass is 15.6. The number of nitrogens with zero attached hydrogens (tertiary/aromatic N) is 4. The van der Waals surface area contributed by atoms with E-state index >= 15 is 0 Å². The second-order valence-electron chi connectivity index (χ2n) is 7.03. The third-order valence-corrected chi connectivity index (χ3v) is 5.87. The maximum absolute atomic E-state index is 4.37. The Morgan fingerprint density at radius 1 is 1.30 bits per heavy atom. The van der Waals surface area contributed by atoms with Gasteiger partial charge in [-0.2, -0.15) is 4.80 Å². The molecule has 5 atom stereocenters. The van der Waals surface area contributed by atoms with E-state index in [0.29, 0.717) is 6.04 Å². The Kier molecular flexibility index (Phi) is 3.05. The average molecular weight is 275 g/mol. The van der Waals surface area contributed by atoms with Crippen molar-refractivity contribution in [2.75, 3.05) is 6.54 Å². The molecular formula is C15H25N5. The molecule has 1 heterocycles. The molecule has 1 aromatic heterocycles. The van der Waals surface area contributed by atoms with Crippen LogP contribution in [0.25, 0.3) is 0 Å². The van der Waals surface area contributed by atoms with Gasteiger partial charge in [0.2, 0.25) is 0 Å². The Bertz CT molecular complexity index is 468. The number of rotatable bonds is 6. The van der Waals surface area contributed by atoms with Crippen LogP contribution in [0, 0.1) is 29.6 Å². The summed E-state index contributed by atoms with van der Waals surface area (Å²) in [6, 6.07) is 0.567. The summed E-state index contributed by atoms with van der Waals surface area (Å²) in [5, 5.41) is 16.3. The van der Waals surface area contributed by atoms with Crippen LogP contribution in [-0.4, -0.2) is 32.8 Å². The number of tetrazole rings is 1. The molecule has 4 rings (SSSR count). The van der Waals surface area contributed by atoms with Crippen LogP contribution >= 0.6 is 0 Å². The molecule has 1 N–H and O–H groups in total. The number of nitrogens with one attached hydrogen (secondary N) is 1. The van der Waals surface area contributed by atoms with E-state index in [4.69, 9.17) is 0 Å². The molecule has 5 nitrogen and oxygen atoms in total. The first-order valence-corrected chi connectivity index (χ1v) is 8.24. The minimum atomic E-state index is 0.567. The lowest BCUT2D eigenvalue weighted by Crippen LogP contribution is -2.36. The molecule has 0 saturated heterocycles. The predicted molar refractivity (Wildman–Crippen MR) is 75.9 cm³/mol. The molecular weight excluding hydrogens is 250 g/mol. The van der Waals surface area contributed by atoms with Gasteiger partial charge in [0.1, 0.15) is 0 Å². The van der Waals surface area contributed by atoms with E-state index in [-0.39, 0.29) is 0 Å². The van der Waals surface area contributed by atoms with Crippen molar-refractivity contribution in [1.29, 1.82) is 0 Å². The fraction of sp³-hybridized carbons (Fsp3) is 0.933. The zero-order valence-corrected chi connectivity index (χ0v) is 12.5. The van der Waals surface area contributed by atoms with Crippen LogP contribution in [0.5, 0.6) is 0 Å². The van der Waals surface area contributed by atoms with E-state index in [1.54, 1.807) is 4.80 Å². The minimum absolute atomic E-state index is 0.567. The normalized spacial score (nSPS) is 39.0. The van der Waals surface area contributed by atoms with Crippen LogP contribution in [0.15, 0.2) is 0 Å². The van der Waals surface area contributed by atoms with E-state index in [0.717, 1.165) is 48.4 Å². The van der Waals surface area contributed by atoms with E-state index in [1.165, 1.54) is 25.7 Å². The molecule has 0 aromatic carbocycles. The molecule has 0 amide bonds. The number of hydrogen-bond donors (Lipinski definition) is 1. The first-order chi connectivity index (χ1) is 9.78. The maximum Gasteiger partial charge on any atom is 0.176 e. The van der Waals surface area contributed by atoms with Gasteiger partial charge >= 0.3 is 0 Å². The Morgan fingerprint density at radius 2 is 2.05 bits per heavy atom. The first-order valence-electron chi connectivity index (χ1n) is 8.24. The Balaban J connectivity index is 1.46. The van der Waals surface area contributed by atoms with Gasteiger partial charge in [0.05, 0.1) is 7.05 Å². The molecule has 0 aliphatic heterocycles. The van der Waals surface area contributed by atoms with Crippen molar-refractivity contribution < 1.29 is 0 Å². The van der Waals surface area contributed by atoms with Crippen LogP contribution in [0.1, 0.15) is 38.4 Å². The molecule has 0 spiro atoms. The molecule has 3 saturated carbocycles. The molecule has 5 heteroatoms.